The summed E-state index contributed by atoms with van der Waals surface area (Å²) in [5, 5.41) is 10.1. The van der Waals surface area contributed by atoms with Crippen LogP contribution in [0.5, 0.6) is 0 Å². The predicted molar refractivity (Wildman–Crippen MR) is 59.0 cm³/mol. The van der Waals surface area contributed by atoms with Crippen LogP contribution in [0, 0.1) is 0 Å². The van der Waals surface area contributed by atoms with Gasteiger partial charge in [-0.3, -0.25) is 4.79 Å². The number of rotatable bonds is 4. The number of hydrogen-bond donors (Lipinski definition) is 2. The Balaban J connectivity index is 2.71. The number of amides is 1. The van der Waals surface area contributed by atoms with Crippen molar-refractivity contribution in [2.75, 3.05) is 0 Å². The smallest absolute Gasteiger partial charge is 0.241 e. The van der Waals surface area contributed by atoms with E-state index in [0.29, 0.717) is 6.42 Å². The van der Waals surface area contributed by atoms with Gasteiger partial charge in [0.05, 0.1) is 5.60 Å². The van der Waals surface area contributed by atoms with Gasteiger partial charge in [-0.2, -0.15) is 0 Å². The molecule has 0 unspecified atom stereocenters. The SMILES string of the molecule is C[C@@](O)(C/C=C\C(N)=O)c1ccccc1. The molecular formula is C12H15NO2. The molecule has 0 aliphatic heterocycles. The second-order valence-electron chi connectivity index (χ2n) is 3.65. The van der Waals surface area contributed by atoms with Gasteiger partial charge in [0.2, 0.25) is 5.91 Å². The lowest BCUT2D eigenvalue weighted by molar-refractivity contribution is -0.113. The molecule has 1 aromatic rings. The number of carbonyl (C=O) groups is 1. The van der Waals surface area contributed by atoms with Crippen LogP contribution in [0.15, 0.2) is 42.5 Å². The van der Waals surface area contributed by atoms with E-state index in [0.717, 1.165) is 5.56 Å². The van der Waals surface area contributed by atoms with Crippen LogP contribution in [0.3, 0.4) is 0 Å². The standard InChI is InChI=1S/C12H15NO2/c1-12(15,9-5-8-11(13)14)10-6-3-2-4-7-10/h2-8,15H,9H2,1H3,(H2,13,14)/b8-5-/t12-/m1/s1. The highest BCUT2D eigenvalue weighted by Crippen LogP contribution is 2.24. The summed E-state index contributed by atoms with van der Waals surface area (Å²) >= 11 is 0. The van der Waals surface area contributed by atoms with Crippen LogP contribution in [-0.4, -0.2) is 11.0 Å². The van der Waals surface area contributed by atoms with Crippen molar-refractivity contribution in [3.05, 3.63) is 48.0 Å². The Morgan fingerprint density at radius 3 is 2.60 bits per heavy atom. The highest BCUT2D eigenvalue weighted by atomic mass is 16.3. The largest absolute Gasteiger partial charge is 0.385 e. The van der Waals surface area contributed by atoms with Gasteiger partial charge in [-0.25, -0.2) is 0 Å². The Bertz CT molecular complexity index is 355. The molecule has 0 aliphatic rings. The Kier molecular flexibility index (Phi) is 3.63. The summed E-state index contributed by atoms with van der Waals surface area (Å²) in [4.78, 5) is 10.5. The first-order chi connectivity index (χ1) is 7.02. The first kappa shape index (κ1) is 11.5. The van der Waals surface area contributed by atoms with E-state index < -0.39 is 11.5 Å². The van der Waals surface area contributed by atoms with E-state index in [4.69, 9.17) is 5.73 Å². The second-order valence-corrected chi connectivity index (χ2v) is 3.65. The topological polar surface area (TPSA) is 63.3 Å². The van der Waals surface area contributed by atoms with Crippen molar-refractivity contribution in [2.45, 2.75) is 18.9 Å². The van der Waals surface area contributed by atoms with Crippen LogP contribution in [0.4, 0.5) is 0 Å². The molecule has 3 heteroatoms. The molecule has 3 nitrogen and oxygen atoms in total. The lowest BCUT2D eigenvalue weighted by Crippen LogP contribution is -2.20. The monoisotopic (exact) mass is 205 g/mol. The molecule has 0 aromatic heterocycles. The third kappa shape index (κ3) is 3.56. The van der Waals surface area contributed by atoms with Gasteiger partial charge in [-0.05, 0) is 25.0 Å². The Hall–Kier alpha value is -1.61. The summed E-state index contributed by atoms with van der Waals surface area (Å²) in [6.45, 7) is 1.70. The average molecular weight is 205 g/mol. The predicted octanol–water partition coefficient (Wildman–Crippen LogP) is 1.33. The quantitative estimate of drug-likeness (QED) is 0.728. The maximum atomic E-state index is 10.5. The van der Waals surface area contributed by atoms with Crippen molar-refractivity contribution >= 4 is 5.91 Å². The molecule has 1 rings (SSSR count). The summed E-state index contributed by atoms with van der Waals surface area (Å²) in [7, 11) is 0. The van der Waals surface area contributed by atoms with E-state index in [2.05, 4.69) is 0 Å². The fourth-order valence-electron chi connectivity index (χ4n) is 1.32. The highest BCUT2D eigenvalue weighted by Gasteiger charge is 2.20. The lowest BCUT2D eigenvalue weighted by atomic mass is 9.92. The van der Waals surface area contributed by atoms with Crippen LogP contribution < -0.4 is 5.73 Å². The minimum absolute atomic E-state index is 0.361. The van der Waals surface area contributed by atoms with Gasteiger partial charge >= 0.3 is 0 Å². The number of nitrogens with two attached hydrogens (primary N) is 1. The van der Waals surface area contributed by atoms with E-state index in [9.17, 15) is 9.90 Å². The van der Waals surface area contributed by atoms with E-state index in [1.54, 1.807) is 13.0 Å². The van der Waals surface area contributed by atoms with E-state index in [1.807, 2.05) is 30.3 Å². The zero-order valence-electron chi connectivity index (χ0n) is 8.68. The molecule has 3 N–H and O–H groups in total. The molecule has 1 amide bonds. The van der Waals surface area contributed by atoms with Crippen LogP contribution in [0.2, 0.25) is 0 Å². The Morgan fingerprint density at radius 2 is 2.07 bits per heavy atom. The molecule has 0 saturated carbocycles. The van der Waals surface area contributed by atoms with Gasteiger partial charge in [0.25, 0.3) is 0 Å². The van der Waals surface area contributed by atoms with E-state index in [1.165, 1.54) is 6.08 Å². The first-order valence-electron chi connectivity index (χ1n) is 4.76. The fraction of sp³-hybridized carbons (Fsp3) is 0.250. The summed E-state index contributed by atoms with van der Waals surface area (Å²) in [6, 6.07) is 9.30. The Morgan fingerprint density at radius 1 is 1.47 bits per heavy atom. The van der Waals surface area contributed by atoms with Gasteiger partial charge in [0.1, 0.15) is 0 Å². The van der Waals surface area contributed by atoms with E-state index in [-0.39, 0.29) is 0 Å². The van der Waals surface area contributed by atoms with Gasteiger partial charge in [0.15, 0.2) is 0 Å². The summed E-state index contributed by atoms with van der Waals surface area (Å²) in [5.74, 6) is -0.501. The number of primary amides is 1. The van der Waals surface area contributed by atoms with Crippen molar-refractivity contribution < 1.29 is 9.90 Å². The average Bonchev–Trinajstić information content (AvgIpc) is 2.18. The third-order valence-corrected chi connectivity index (χ3v) is 2.19. The number of benzene rings is 1. The first-order valence-corrected chi connectivity index (χ1v) is 4.76. The maximum absolute atomic E-state index is 10.5. The van der Waals surface area contributed by atoms with Crippen molar-refractivity contribution in [1.29, 1.82) is 0 Å². The van der Waals surface area contributed by atoms with Gasteiger partial charge in [0, 0.05) is 0 Å². The number of aliphatic hydroxyl groups is 1. The Labute approximate surface area is 89.2 Å². The molecule has 0 saturated heterocycles. The summed E-state index contributed by atoms with van der Waals surface area (Å²) in [6.07, 6.45) is 3.20. The zero-order valence-corrected chi connectivity index (χ0v) is 8.68. The van der Waals surface area contributed by atoms with Crippen LogP contribution in [0.25, 0.3) is 0 Å². The van der Waals surface area contributed by atoms with Crippen molar-refractivity contribution in [3.8, 4) is 0 Å². The third-order valence-electron chi connectivity index (χ3n) is 2.19. The van der Waals surface area contributed by atoms with Gasteiger partial charge in [-0.15, -0.1) is 0 Å². The molecular weight excluding hydrogens is 190 g/mol. The van der Waals surface area contributed by atoms with Gasteiger partial charge < -0.3 is 10.8 Å². The molecule has 0 spiro atoms. The number of hydrogen-bond acceptors (Lipinski definition) is 2. The normalized spacial score (nSPS) is 15.1. The van der Waals surface area contributed by atoms with Gasteiger partial charge in [-0.1, -0.05) is 36.4 Å². The summed E-state index contributed by atoms with van der Waals surface area (Å²) < 4.78 is 0. The lowest BCUT2D eigenvalue weighted by Gasteiger charge is -2.21. The molecule has 0 radical (unpaired) electrons. The van der Waals surface area contributed by atoms with Crippen molar-refractivity contribution in [1.82, 2.24) is 0 Å². The second kappa shape index (κ2) is 4.75. The van der Waals surface area contributed by atoms with Crippen molar-refractivity contribution in [3.63, 3.8) is 0 Å². The van der Waals surface area contributed by atoms with Crippen LogP contribution in [0.1, 0.15) is 18.9 Å². The molecule has 0 bridgehead atoms. The zero-order chi connectivity index (χ0) is 11.3. The number of carbonyl (C=O) groups excluding carboxylic acids is 1. The van der Waals surface area contributed by atoms with Crippen LogP contribution >= 0.6 is 0 Å². The van der Waals surface area contributed by atoms with E-state index >= 15 is 0 Å². The molecule has 0 heterocycles. The minimum Gasteiger partial charge on any atom is -0.385 e. The summed E-state index contributed by atoms with van der Waals surface area (Å²) in [5.41, 5.74) is 4.81. The molecule has 1 atom stereocenters. The van der Waals surface area contributed by atoms with Crippen LogP contribution in [-0.2, 0) is 10.4 Å². The molecule has 0 aliphatic carbocycles. The maximum Gasteiger partial charge on any atom is 0.241 e. The van der Waals surface area contributed by atoms with Crippen molar-refractivity contribution in [2.24, 2.45) is 5.73 Å². The molecule has 15 heavy (non-hydrogen) atoms. The highest BCUT2D eigenvalue weighted by molar-refractivity contribution is 5.85. The molecule has 80 valence electrons. The minimum atomic E-state index is -0.965. The molecule has 0 fully saturated rings. The fourth-order valence-corrected chi connectivity index (χ4v) is 1.32. The molecule has 1 aromatic carbocycles.